The van der Waals surface area contributed by atoms with E-state index in [0.29, 0.717) is 36.5 Å². The van der Waals surface area contributed by atoms with Gasteiger partial charge in [-0.3, -0.25) is 0 Å². The summed E-state index contributed by atoms with van der Waals surface area (Å²) < 4.78 is 5.13. The standard InChI is InChI=1S/C16H25N3O2/c1-3-21-16(20)13-8-6-10-18-15(13)19(2)14-9-5-4-7-12(14)11-17/h6,8,10,12,14H,3-5,7,9,11,17H2,1-2H3. The van der Waals surface area contributed by atoms with E-state index in [4.69, 9.17) is 10.5 Å². The van der Waals surface area contributed by atoms with Gasteiger partial charge in [-0.05, 0) is 44.4 Å². The maximum absolute atomic E-state index is 12.1. The van der Waals surface area contributed by atoms with Crippen LogP contribution in [0.5, 0.6) is 0 Å². The third-order valence-electron chi connectivity index (χ3n) is 4.29. The number of aromatic nitrogens is 1. The molecule has 0 spiro atoms. The maximum atomic E-state index is 12.1. The van der Waals surface area contributed by atoms with Crippen LogP contribution in [0.2, 0.25) is 0 Å². The molecule has 21 heavy (non-hydrogen) atoms. The average molecular weight is 291 g/mol. The number of carbonyl (C=O) groups is 1. The number of nitrogens with two attached hydrogens (primary N) is 1. The van der Waals surface area contributed by atoms with Crippen LogP contribution >= 0.6 is 0 Å². The van der Waals surface area contributed by atoms with Crippen molar-refractivity contribution >= 4 is 11.8 Å². The minimum absolute atomic E-state index is 0.312. The molecule has 5 nitrogen and oxygen atoms in total. The van der Waals surface area contributed by atoms with Crippen LogP contribution in [-0.2, 0) is 4.74 Å². The van der Waals surface area contributed by atoms with Crippen molar-refractivity contribution in [1.29, 1.82) is 0 Å². The SMILES string of the molecule is CCOC(=O)c1cccnc1N(C)C1CCCCC1CN. The van der Waals surface area contributed by atoms with Gasteiger partial charge in [0, 0.05) is 19.3 Å². The Bertz CT molecular complexity index is 478. The summed E-state index contributed by atoms with van der Waals surface area (Å²) in [6.07, 6.45) is 6.39. The van der Waals surface area contributed by atoms with Crippen molar-refractivity contribution in [3.8, 4) is 0 Å². The lowest BCUT2D eigenvalue weighted by molar-refractivity contribution is 0.0526. The van der Waals surface area contributed by atoms with Crippen LogP contribution in [0.4, 0.5) is 5.82 Å². The number of hydrogen-bond donors (Lipinski definition) is 1. The monoisotopic (exact) mass is 291 g/mol. The van der Waals surface area contributed by atoms with Gasteiger partial charge in [0.25, 0.3) is 0 Å². The van der Waals surface area contributed by atoms with E-state index in [9.17, 15) is 4.79 Å². The van der Waals surface area contributed by atoms with Crippen LogP contribution in [0.3, 0.4) is 0 Å². The van der Waals surface area contributed by atoms with E-state index >= 15 is 0 Å². The normalized spacial score (nSPS) is 21.9. The van der Waals surface area contributed by atoms with Gasteiger partial charge in [-0.2, -0.15) is 0 Å². The summed E-state index contributed by atoms with van der Waals surface area (Å²) in [4.78, 5) is 18.6. The number of hydrogen-bond acceptors (Lipinski definition) is 5. The van der Waals surface area contributed by atoms with Crippen LogP contribution in [0.15, 0.2) is 18.3 Å². The number of rotatable bonds is 5. The Morgan fingerprint density at radius 1 is 1.48 bits per heavy atom. The molecule has 1 aromatic rings. The molecule has 116 valence electrons. The van der Waals surface area contributed by atoms with Crippen molar-refractivity contribution in [3.63, 3.8) is 0 Å². The number of ether oxygens (including phenoxy) is 1. The number of esters is 1. The number of carbonyl (C=O) groups excluding carboxylic acids is 1. The summed E-state index contributed by atoms with van der Waals surface area (Å²) in [5.74, 6) is 0.842. The molecule has 0 bridgehead atoms. The molecule has 5 heteroatoms. The Balaban J connectivity index is 2.25. The summed E-state index contributed by atoms with van der Waals surface area (Å²) in [5.41, 5.74) is 6.45. The molecule has 2 N–H and O–H groups in total. The zero-order valence-corrected chi connectivity index (χ0v) is 12.9. The van der Waals surface area contributed by atoms with Gasteiger partial charge in [-0.25, -0.2) is 9.78 Å². The summed E-state index contributed by atoms with van der Waals surface area (Å²) in [6.45, 7) is 2.85. The molecular formula is C16H25N3O2. The lowest BCUT2D eigenvalue weighted by atomic mass is 9.83. The quantitative estimate of drug-likeness (QED) is 0.842. The predicted octanol–water partition coefficient (Wildman–Crippen LogP) is 2.21. The van der Waals surface area contributed by atoms with Gasteiger partial charge in [0.2, 0.25) is 0 Å². The number of pyridine rings is 1. The summed E-state index contributed by atoms with van der Waals surface area (Å²) in [7, 11) is 2.00. The second kappa shape index (κ2) is 7.41. The first-order valence-corrected chi connectivity index (χ1v) is 7.74. The second-order valence-electron chi connectivity index (χ2n) is 5.55. The van der Waals surface area contributed by atoms with Crippen molar-refractivity contribution in [2.24, 2.45) is 11.7 Å². The largest absolute Gasteiger partial charge is 0.462 e. The summed E-state index contributed by atoms with van der Waals surface area (Å²) in [5, 5.41) is 0. The molecule has 2 atom stereocenters. The summed E-state index contributed by atoms with van der Waals surface area (Å²) in [6, 6.07) is 3.88. The first kappa shape index (κ1) is 15.8. The van der Waals surface area contributed by atoms with E-state index in [-0.39, 0.29) is 5.97 Å². The average Bonchev–Trinajstić information content (AvgIpc) is 2.54. The van der Waals surface area contributed by atoms with Gasteiger partial charge in [-0.1, -0.05) is 12.8 Å². The molecule has 2 rings (SSSR count). The lowest BCUT2D eigenvalue weighted by Gasteiger charge is -2.38. The van der Waals surface area contributed by atoms with E-state index in [1.165, 1.54) is 12.8 Å². The summed E-state index contributed by atoms with van der Waals surface area (Å²) >= 11 is 0. The van der Waals surface area contributed by atoms with Gasteiger partial charge < -0.3 is 15.4 Å². The molecule has 1 heterocycles. The van der Waals surface area contributed by atoms with E-state index in [2.05, 4.69) is 9.88 Å². The van der Waals surface area contributed by atoms with E-state index in [0.717, 1.165) is 12.8 Å². The first-order valence-electron chi connectivity index (χ1n) is 7.74. The zero-order valence-electron chi connectivity index (χ0n) is 12.9. The highest BCUT2D eigenvalue weighted by atomic mass is 16.5. The van der Waals surface area contributed by atoms with Crippen LogP contribution in [0.1, 0.15) is 43.0 Å². The fraction of sp³-hybridized carbons (Fsp3) is 0.625. The molecule has 1 aliphatic rings. The molecule has 1 saturated carbocycles. The van der Waals surface area contributed by atoms with Gasteiger partial charge in [0.05, 0.1) is 6.61 Å². The Hall–Kier alpha value is -1.62. The van der Waals surface area contributed by atoms with E-state index in [1.54, 1.807) is 18.3 Å². The van der Waals surface area contributed by atoms with Gasteiger partial charge in [0.1, 0.15) is 11.4 Å². The third kappa shape index (κ3) is 3.53. The van der Waals surface area contributed by atoms with Crippen LogP contribution in [0, 0.1) is 5.92 Å². The van der Waals surface area contributed by atoms with Crippen LogP contribution < -0.4 is 10.6 Å². The molecule has 1 fully saturated rings. The zero-order chi connectivity index (χ0) is 15.2. The fourth-order valence-electron chi connectivity index (χ4n) is 3.18. The van der Waals surface area contributed by atoms with Crippen LogP contribution in [0.25, 0.3) is 0 Å². The number of nitrogens with zero attached hydrogens (tertiary/aromatic N) is 2. The molecule has 2 unspecified atom stereocenters. The smallest absolute Gasteiger partial charge is 0.341 e. The highest BCUT2D eigenvalue weighted by Crippen LogP contribution is 2.30. The maximum Gasteiger partial charge on any atom is 0.341 e. The highest BCUT2D eigenvalue weighted by molar-refractivity contribution is 5.94. The molecule has 1 aliphatic carbocycles. The first-order chi connectivity index (χ1) is 10.2. The molecule has 0 aromatic carbocycles. The van der Waals surface area contributed by atoms with Crippen molar-refractivity contribution in [3.05, 3.63) is 23.9 Å². The Morgan fingerprint density at radius 3 is 2.95 bits per heavy atom. The molecular weight excluding hydrogens is 266 g/mol. The third-order valence-corrected chi connectivity index (χ3v) is 4.29. The van der Waals surface area contributed by atoms with E-state index in [1.807, 2.05) is 14.0 Å². The Kier molecular flexibility index (Phi) is 5.56. The van der Waals surface area contributed by atoms with Crippen molar-refractivity contribution in [2.75, 3.05) is 25.1 Å². The Morgan fingerprint density at radius 2 is 2.24 bits per heavy atom. The molecule has 0 amide bonds. The Labute approximate surface area is 126 Å². The van der Waals surface area contributed by atoms with Crippen molar-refractivity contribution in [1.82, 2.24) is 4.98 Å². The minimum Gasteiger partial charge on any atom is -0.462 e. The second-order valence-corrected chi connectivity index (χ2v) is 5.55. The minimum atomic E-state index is -0.312. The van der Waals surface area contributed by atoms with Crippen molar-refractivity contribution in [2.45, 2.75) is 38.6 Å². The fourth-order valence-corrected chi connectivity index (χ4v) is 3.18. The van der Waals surface area contributed by atoms with Crippen LogP contribution in [-0.4, -0.2) is 37.2 Å². The van der Waals surface area contributed by atoms with Gasteiger partial charge >= 0.3 is 5.97 Å². The molecule has 0 aliphatic heterocycles. The van der Waals surface area contributed by atoms with E-state index < -0.39 is 0 Å². The predicted molar refractivity (Wildman–Crippen MR) is 83.4 cm³/mol. The highest BCUT2D eigenvalue weighted by Gasteiger charge is 2.30. The van der Waals surface area contributed by atoms with Gasteiger partial charge in [0.15, 0.2) is 0 Å². The molecule has 1 aromatic heterocycles. The topological polar surface area (TPSA) is 68.5 Å². The van der Waals surface area contributed by atoms with Crippen molar-refractivity contribution < 1.29 is 9.53 Å². The number of anilines is 1. The molecule has 0 saturated heterocycles. The molecule has 0 radical (unpaired) electrons. The van der Waals surface area contributed by atoms with Gasteiger partial charge in [-0.15, -0.1) is 0 Å². The lowest BCUT2D eigenvalue weighted by Crippen LogP contribution is -2.44.